The zero-order valence-electron chi connectivity index (χ0n) is 6.71. The SMILES string of the molecule is CC(C)c1ccc(O)cc1.[Am]. The summed E-state index contributed by atoms with van der Waals surface area (Å²) in [4.78, 5) is 0. The molecule has 1 nitrogen and oxygen atoms in total. The Morgan fingerprint density at radius 2 is 1.55 bits per heavy atom. The summed E-state index contributed by atoms with van der Waals surface area (Å²) in [5.74, 6) is 0.880. The van der Waals surface area contributed by atoms with Gasteiger partial charge in [-0.3, -0.25) is 0 Å². The quantitative estimate of drug-likeness (QED) is 0.795. The molecule has 0 aliphatic heterocycles. The number of benzene rings is 1. The predicted molar refractivity (Wildman–Crippen MR) is 42.2 cm³/mol. The Morgan fingerprint density at radius 1 is 1.09 bits per heavy atom. The van der Waals surface area contributed by atoms with Crippen LogP contribution in [0.4, 0.5) is 0 Å². The maximum Gasteiger partial charge on any atom is 0.115 e. The van der Waals surface area contributed by atoms with Crippen LogP contribution in [-0.2, 0) is 0 Å². The summed E-state index contributed by atoms with van der Waals surface area (Å²) in [5, 5.41) is 8.94. The molecule has 2 heteroatoms. The van der Waals surface area contributed by atoms with Crippen molar-refractivity contribution in [3.63, 3.8) is 0 Å². The van der Waals surface area contributed by atoms with E-state index in [0.717, 1.165) is 0 Å². The molecule has 0 saturated heterocycles. The molecule has 0 saturated carbocycles. The number of hydrogen-bond acceptors (Lipinski definition) is 1. The van der Waals surface area contributed by atoms with Crippen LogP contribution in [0.15, 0.2) is 24.3 Å². The minimum Gasteiger partial charge on any atom is -0.508 e. The molecule has 0 unspecified atom stereocenters. The van der Waals surface area contributed by atoms with Crippen LogP contribution < -0.4 is 0 Å². The van der Waals surface area contributed by atoms with Gasteiger partial charge in [0.1, 0.15) is 5.75 Å². The van der Waals surface area contributed by atoms with Gasteiger partial charge in [0.05, 0.1) is 0 Å². The summed E-state index contributed by atoms with van der Waals surface area (Å²) < 4.78 is 0. The molecule has 11 heavy (non-hydrogen) atoms. The Bertz CT molecular complexity index is 203. The second-order valence-corrected chi connectivity index (χ2v) is 2.75. The second-order valence-electron chi connectivity index (χ2n) is 2.75. The monoisotopic (exact) mass is 377 g/mol. The molecule has 0 aliphatic carbocycles. The van der Waals surface area contributed by atoms with E-state index in [9.17, 15) is 0 Å². The Hall–Kier alpha value is -0.590. The summed E-state index contributed by atoms with van der Waals surface area (Å²) in [7, 11) is 0. The summed E-state index contributed by atoms with van der Waals surface area (Å²) in [6.07, 6.45) is 0. The average Bonchev–Trinajstić information content (AvgIpc) is 1.88. The molecule has 0 amide bonds. The normalized spacial score (nSPS) is 9.36. The Kier molecular flexibility index (Phi) is 4.09. The van der Waals surface area contributed by atoms with Crippen LogP contribution in [0.5, 0.6) is 5.75 Å². The van der Waals surface area contributed by atoms with Crippen molar-refractivity contribution < 1.29 is 19.4 Å². The molecule has 0 atom stereocenters. The van der Waals surface area contributed by atoms with E-state index in [-0.39, 0.29) is 14.3 Å². The van der Waals surface area contributed by atoms with Crippen molar-refractivity contribution in [1.29, 1.82) is 0 Å². The first kappa shape index (κ1) is 10.4. The van der Waals surface area contributed by atoms with Gasteiger partial charge in [-0.2, -0.15) is 0 Å². The van der Waals surface area contributed by atoms with Gasteiger partial charge in [0, 0.05) is 14.3 Å². The van der Waals surface area contributed by atoms with Crippen LogP contribution in [0.2, 0.25) is 0 Å². The molecule has 1 aromatic carbocycles. The van der Waals surface area contributed by atoms with E-state index >= 15 is 0 Å². The van der Waals surface area contributed by atoms with Crippen LogP contribution in [-0.4, -0.2) is 5.11 Å². The van der Waals surface area contributed by atoms with Crippen LogP contribution in [0, 0.1) is 14.3 Å². The van der Waals surface area contributed by atoms with Gasteiger partial charge in [0.2, 0.25) is 0 Å². The molecular weight excluding hydrogens is 367 g/mol. The molecule has 0 heterocycles. The van der Waals surface area contributed by atoms with E-state index in [1.807, 2.05) is 12.1 Å². The van der Waals surface area contributed by atoms with Gasteiger partial charge in [-0.1, -0.05) is 26.0 Å². The van der Waals surface area contributed by atoms with E-state index in [0.29, 0.717) is 11.7 Å². The molecule has 0 aliphatic rings. The summed E-state index contributed by atoms with van der Waals surface area (Å²) in [6, 6.07) is 7.32. The van der Waals surface area contributed by atoms with Crippen LogP contribution in [0.1, 0.15) is 25.3 Å². The van der Waals surface area contributed by atoms with E-state index in [1.165, 1.54) is 5.56 Å². The number of phenols is 1. The van der Waals surface area contributed by atoms with Crippen LogP contribution in [0.3, 0.4) is 0 Å². The topological polar surface area (TPSA) is 20.2 Å². The van der Waals surface area contributed by atoms with Crippen molar-refractivity contribution >= 4 is 0 Å². The molecule has 1 N–H and O–H groups in total. The fraction of sp³-hybridized carbons (Fsp3) is 0.333. The van der Waals surface area contributed by atoms with Crippen molar-refractivity contribution in [3.8, 4) is 5.75 Å². The fourth-order valence-corrected chi connectivity index (χ4v) is 0.859. The van der Waals surface area contributed by atoms with Crippen molar-refractivity contribution in [2.45, 2.75) is 19.8 Å². The van der Waals surface area contributed by atoms with Gasteiger partial charge < -0.3 is 5.11 Å². The maximum absolute atomic E-state index is 8.94. The van der Waals surface area contributed by atoms with Crippen LogP contribution in [0.25, 0.3) is 0 Å². The first-order valence-corrected chi connectivity index (χ1v) is 3.49. The van der Waals surface area contributed by atoms with E-state index in [4.69, 9.17) is 5.11 Å². The van der Waals surface area contributed by atoms with Gasteiger partial charge in [0.15, 0.2) is 0 Å². The third-order valence-electron chi connectivity index (χ3n) is 1.56. The minimum atomic E-state index is 0. The molecule has 0 fully saturated rings. The largest absolute Gasteiger partial charge is 0.508 e. The third-order valence-corrected chi connectivity index (χ3v) is 1.56. The van der Waals surface area contributed by atoms with E-state index in [1.54, 1.807) is 12.1 Å². The van der Waals surface area contributed by atoms with Gasteiger partial charge in [-0.15, -0.1) is 0 Å². The van der Waals surface area contributed by atoms with Gasteiger partial charge in [0.25, 0.3) is 0 Å². The Labute approximate surface area is 75.3 Å². The third kappa shape index (κ3) is 2.87. The number of hydrogen-bond donors (Lipinski definition) is 1. The molecule has 61 valence electrons. The summed E-state index contributed by atoms with van der Waals surface area (Å²) >= 11 is 0. The zero-order chi connectivity index (χ0) is 7.56. The number of aromatic hydroxyl groups is 1. The van der Waals surface area contributed by atoms with Crippen molar-refractivity contribution in [2.75, 3.05) is 0 Å². The minimum absolute atomic E-state index is 0. The van der Waals surface area contributed by atoms with Gasteiger partial charge >= 0.3 is 0 Å². The van der Waals surface area contributed by atoms with Crippen molar-refractivity contribution in [3.05, 3.63) is 29.8 Å². The Morgan fingerprint density at radius 3 is 1.91 bits per heavy atom. The molecule has 0 spiro atoms. The fourth-order valence-electron chi connectivity index (χ4n) is 0.859. The predicted octanol–water partition coefficient (Wildman–Crippen LogP) is 2.52. The molecule has 0 bridgehead atoms. The van der Waals surface area contributed by atoms with E-state index < -0.39 is 0 Å². The standard InChI is InChI=1S/C9H12O.Am/c1-7(2)8-3-5-9(10)6-4-8;/h3-7,10H,1-2H3;. The van der Waals surface area contributed by atoms with Gasteiger partial charge in [-0.05, 0) is 23.6 Å². The first-order chi connectivity index (χ1) is 4.70. The molecular formula is C9H12AmO. The number of rotatable bonds is 1. The van der Waals surface area contributed by atoms with Crippen LogP contribution >= 0.6 is 0 Å². The zero-order valence-corrected chi connectivity index (χ0v) is 9.86. The molecule has 1 radical (unpaired) electrons. The van der Waals surface area contributed by atoms with Crippen molar-refractivity contribution in [2.24, 2.45) is 0 Å². The summed E-state index contributed by atoms with van der Waals surface area (Å²) in [5.41, 5.74) is 1.26. The molecule has 1 rings (SSSR count). The second kappa shape index (κ2) is 4.32. The Balaban J connectivity index is 0.000001000. The number of phenolic OH excluding ortho intramolecular Hbond substituents is 1. The smallest absolute Gasteiger partial charge is 0.115 e. The molecule has 0 aromatic heterocycles. The first-order valence-electron chi connectivity index (χ1n) is 3.49. The molecule has 1 aromatic rings. The van der Waals surface area contributed by atoms with E-state index in [2.05, 4.69) is 13.8 Å². The maximum atomic E-state index is 8.94. The van der Waals surface area contributed by atoms with Crippen molar-refractivity contribution in [1.82, 2.24) is 0 Å². The van der Waals surface area contributed by atoms with Gasteiger partial charge in [-0.25, -0.2) is 0 Å². The average molecular weight is 379 g/mol. The summed E-state index contributed by atoms with van der Waals surface area (Å²) in [6.45, 7) is 4.26.